The van der Waals surface area contributed by atoms with E-state index in [0.717, 1.165) is 32.5 Å². The lowest BCUT2D eigenvalue weighted by Crippen LogP contribution is -2.60. The molecular formula is C19H36ClN3O. The molecule has 1 amide bonds. The molecule has 0 aromatic rings. The summed E-state index contributed by atoms with van der Waals surface area (Å²) in [4.78, 5) is 15.5. The molecule has 5 heteroatoms. The van der Waals surface area contributed by atoms with E-state index in [2.05, 4.69) is 22.5 Å². The second-order valence-corrected chi connectivity index (χ2v) is 8.36. The summed E-state index contributed by atoms with van der Waals surface area (Å²) >= 11 is 0. The van der Waals surface area contributed by atoms with Crippen LogP contribution in [-0.2, 0) is 4.79 Å². The third-order valence-electron chi connectivity index (χ3n) is 6.53. The molecule has 140 valence electrons. The number of piperidine rings is 2. The minimum atomic E-state index is -0.212. The number of carbonyl (C=O) groups is 1. The van der Waals surface area contributed by atoms with Gasteiger partial charge in [0.25, 0.3) is 0 Å². The Kier molecular flexibility index (Phi) is 7.39. The molecule has 0 radical (unpaired) electrons. The molecule has 0 bridgehead atoms. The predicted octanol–water partition coefficient (Wildman–Crippen LogP) is 3.10. The molecule has 2 heterocycles. The zero-order valence-electron chi connectivity index (χ0n) is 15.4. The molecule has 3 aliphatic rings. The van der Waals surface area contributed by atoms with Crippen molar-refractivity contribution in [2.45, 2.75) is 76.7 Å². The number of amides is 1. The highest BCUT2D eigenvalue weighted by atomic mass is 35.5. The van der Waals surface area contributed by atoms with Gasteiger partial charge >= 0.3 is 0 Å². The highest BCUT2D eigenvalue weighted by Gasteiger charge is 2.41. The van der Waals surface area contributed by atoms with E-state index in [1.807, 2.05) is 0 Å². The first-order valence-corrected chi connectivity index (χ1v) is 9.89. The fraction of sp³-hybridized carbons (Fsp3) is 0.947. The van der Waals surface area contributed by atoms with Gasteiger partial charge in [0, 0.05) is 18.6 Å². The van der Waals surface area contributed by atoms with Gasteiger partial charge in [-0.1, -0.05) is 25.7 Å². The molecule has 1 unspecified atom stereocenters. The van der Waals surface area contributed by atoms with E-state index < -0.39 is 0 Å². The normalized spacial score (nSPS) is 31.0. The van der Waals surface area contributed by atoms with Crippen LogP contribution in [0.15, 0.2) is 0 Å². The Balaban J connectivity index is 0.00000208. The van der Waals surface area contributed by atoms with Crippen LogP contribution >= 0.6 is 12.4 Å². The number of halogens is 1. The minimum Gasteiger partial charge on any atom is -0.354 e. The molecule has 24 heavy (non-hydrogen) atoms. The molecule has 1 saturated carbocycles. The van der Waals surface area contributed by atoms with Crippen LogP contribution in [0.3, 0.4) is 0 Å². The van der Waals surface area contributed by atoms with Crippen molar-refractivity contribution in [2.75, 3.05) is 32.7 Å². The maximum absolute atomic E-state index is 12.8. The minimum absolute atomic E-state index is 0. The average molecular weight is 358 g/mol. The van der Waals surface area contributed by atoms with Gasteiger partial charge in [-0.05, 0) is 65.1 Å². The van der Waals surface area contributed by atoms with Crippen molar-refractivity contribution in [3.63, 3.8) is 0 Å². The number of hydrogen-bond donors (Lipinski definition) is 2. The van der Waals surface area contributed by atoms with Crippen LogP contribution in [0.4, 0.5) is 0 Å². The number of carbonyl (C=O) groups excluding carboxylic acids is 1. The summed E-state index contributed by atoms with van der Waals surface area (Å²) in [5.74, 6) is 0.270. The highest BCUT2D eigenvalue weighted by molar-refractivity contribution is 5.85. The third kappa shape index (κ3) is 4.44. The smallest absolute Gasteiger partial charge is 0.227 e. The van der Waals surface area contributed by atoms with Gasteiger partial charge in [-0.25, -0.2) is 0 Å². The molecule has 4 nitrogen and oxygen atoms in total. The zero-order chi connectivity index (χ0) is 16.2. The largest absolute Gasteiger partial charge is 0.354 e. The number of rotatable bonds is 4. The van der Waals surface area contributed by atoms with Crippen LogP contribution in [0.2, 0.25) is 0 Å². The SMILES string of the molecule is CC1(C(=O)NCC2(N3CCCCC3)CCCCC2)CCCNC1.Cl. The standard InChI is InChI=1S/C19H35N3O.ClH/c1-18(9-8-12-20-15-18)17(23)21-16-19(10-4-2-5-11-19)22-13-6-3-7-14-22;/h20H,2-16H2,1H3,(H,21,23);1H. The monoisotopic (exact) mass is 357 g/mol. The second-order valence-electron chi connectivity index (χ2n) is 8.36. The molecule has 2 aliphatic heterocycles. The molecule has 3 rings (SSSR count). The summed E-state index contributed by atoms with van der Waals surface area (Å²) in [6.45, 7) is 7.34. The van der Waals surface area contributed by atoms with E-state index in [4.69, 9.17) is 0 Å². The lowest BCUT2D eigenvalue weighted by molar-refractivity contribution is -0.132. The predicted molar refractivity (Wildman–Crippen MR) is 102 cm³/mol. The van der Waals surface area contributed by atoms with Crippen LogP contribution in [0.1, 0.15) is 71.1 Å². The van der Waals surface area contributed by atoms with E-state index in [9.17, 15) is 4.79 Å². The molecule has 0 aromatic carbocycles. The molecule has 1 atom stereocenters. The van der Waals surface area contributed by atoms with E-state index in [-0.39, 0.29) is 29.3 Å². The van der Waals surface area contributed by atoms with Gasteiger partial charge < -0.3 is 10.6 Å². The quantitative estimate of drug-likeness (QED) is 0.812. The lowest BCUT2D eigenvalue weighted by Gasteiger charge is -2.49. The van der Waals surface area contributed by atoms with E-state index >= 15 is 0 Å². The van der Waals surface area contributed by atoms with E-state index in [1.54, 1.807) is 0 Å². The molecule has 2 N–H and O–H groups in total. The zero-order valence-corrected chi connectivity index (χ0v) is 16.2. The number of nitrogens with one attached hydrogen (secondary N) is 2. The van der Waals surface area contributed by atoms with Gasteiger partial charge in [0.1, 0.15) is 0 Å². The molecular weight excluding hydrogens is 322 g/mol. The van der Waals surface area contributed by atoms with Crippen molar-refractivity contribution in [3.05, 3.63) is 0 Å². The van der Waals surface area contributed by atoms with Gasteiger partial charge in [-0.3, -0.25) is 9.69 Å². The Morgan fingerprint density at radius 3 is 2.29 bits per heavy atom. The second kappa shape index (κ2) is 8.86. The van der Waals surface area contributed by atoms with Crippen molar-refractivity contribution in [3.8, 4) is 0 Å². The van der Waals surface area contributed by atoms with Crippen LogP contribution < -0.4 is 10.6 Å². The molecule has 2 saturated heterocycles. The van der Waals surface area contributed by atoms with E-state index in [1.165, 1.54) is 64.5 Å². The fourth-order valence-corrected chi connectivity index (χ4v) is 4.89. The summed E-state index contributed by atoms with van der Waals surface area (Å²) in [5, 5.41) is 6.78. The number of hydrogen-bond acceptors (Lipinski definition) is 3. The van der Waals surface area contributed by atoms with Crippen molar-refractivity contribution >= 4 is 18.3 Å². The van der Waals surface area contributed by atoms with Crippen LogP contribution in [0.5, 0.6) is 0 Å². The van der Waals surface area contributed by atoms with Crippen LogP contribution in [0, 0.1) is 5.41 Å². The van der Waals surface area contributed by atoms with Crippen LogP contribution in [0.25, 0.3) is 0 Å². The van der Waals surface area contributed by atoms with Gasteiger partial charge in [-0.15, -0.1) is 12.4 Å². The molecule has 1 aliphatic carbocycles. The van der Waals surface area contributed by atoms with Gasteiger partial charge in [-0.2, -0.15) is 0 Å². The van der Waals surface area contributed by atoms with Crippen molar-refractivity contribution in [1.82, 2.24) is 15.5 Å². The maximum atomic E-state index is 12.8. The summed E-state index contributed by atoms with van der Waals surface area (Å²) in [5.41, 5.74) is 0.0305. The Morgan fingerprint density at radius 1 is 1.00 bits per heavy atom. The maximum Gasteiger partial charge on any atom is 0.227 e. The summed E-state index contributed by atoms with van der Waals surface area (Å²) < 4.78 is 0. The Hall–Kier alpha value is -0.320. The first kappa shape index (κ1) is 20.0. The topological polar surface area (TPSA) is 44.4 Å². The number of likely N-dealkylation sites (tertiary alicyclic amines) is 1. The summed E-state index contributed by atoms with van der Waals surface area (Å²) in [6.07, 6.45) is 12.7. The fourth-order valence-electron chi connectivity index (χ4n) is 4.89. The molecule has 0 aromatic heterocycles. The third-order valence-corrected chi connectivity index (χ3v) is 6.53. The molecule has 0 spiro atoms. The first-order chi connectivity index (χ1) is 11.1. The Morgan fingerprint density at radius 2 is 1.67 bits per heavy atom. The van der Waals surface area contributed by atoms with Crippen LogP contribution in [-0.4, -0.2) is 49.1 Å². The van der Waals surface area contributed by atoms with Gasteiger partial charge in [0.05, 0.1) is 5.41 Å². The van der Waals surface area contributed by atoms with Crippen molar-refractivity contribution < 1.29 is 4.79 Å². The van der Waals surface area contributed by atoms with Gasteiger partial charge in [0.15, 0.2) is 0 Å². The summed E-state index contributed by atoms with van der Waals surface area (Å²) in [7, 11) is 0. The highest BCUT2D eigenvalue weighted by Crippen LogP contribution is 2.35. The summed E-state index contributed by atoms with van der Waals surface area (Å²) in [6, 6.07) is 0. The van der Waals surface area contributed by atoms with Crippen molar-refractivity contribution in [1.29, 1.82) is 0 Å². The van der Waals surface area contributed by atoms with Crippen molar-refractivity contribution in [2.24, 2.45) is 5.41 Å². The number of nitrogens with zero attached hydrogens (tertiary/aromatic N) is 1. The first-order valence-electron chi connectivity index (χ1n) is 9.89. The Bertz CT molecular complexity index is 397. The van der Waals surface area contributed by atoms with Gasteiger partial charge in [0.2, 0.25) is 5.91 Å². The average Bonchev–Trinajstić information content (AvgIpc) is 2.62. The van der Waals surface area contributed by atoms with E-state index in [0.29, 0.717) is 0 Å². The Labute approximate surface area is 153 Å². The lowest BCUT2D eigenvalue weighted by atomic mass is 9.78. The molecule has 3 fully saturated rings.